The van der Waals surface area contributed by atoms with E-state index in [1.54, 1.807) is 41.7 Å². The van der Waals surface area contributed by atoms with Crippen LogP contribution in [0.5, 0.6) is 0 Å². The van der Waals surface area contributed by atoms with Crippen LogP contribution in [0, 0.1) is 0 Å². The van der Waals surface area contributed by atoms with Crippen molar-refractivity contribution < 1.29 is 22.3 Å². The Morgan fingerprint density at radius 1 is 0.978 bits per heavy atom. The minimum Gasteiger partial charge on any atom is -0.390 e. The smallest absolute Gasteiger partial charge is 0.282 e. The predicted molar refractivity (Wildman–Crippen MR) is 165 cm³/mol. The molecule has 2 aliphatic carbocycles. The molecule has 0 amide bonds. The van der Waals surface area contributed by atoms with Crippen LogP contribution in [0.3, 0.4) is 0 Å². The molecule has 12 nitrogen and oxygen atoms in total. The van der Waals surface area contributed by atoms with Gasteiger partial charge in [-0.3, -0.25) is 4.98 Å². The summed E-state index contributed by atoms with van der Waals surface area (Å²) < 4.78 is 52.9. The van der Waals surface area contributed by atoms with E-state index >= 15 is 0 Å². The summed E-state index contributed by atoms with van der Waals surface area (Å²) in [6, 6.07) is 7.24. The molecule has 3 aliphatic rings. The topological polar surface area (TPSA) is 151 Å². The zero-order valence-electron chi connectivity index (χ0n) is 24.6. The molecule has 1 saturated heterocycles. The molecule has 0 unspecified atom stereocenters. The summed E-state index contributed by atoms with van der Waals surface area (Å²) in [6.45, 7) is 1.22. The zero-order valence-corrected chi connectivity index (χ0v) is 25.4. The molecule has 2 saturated carbocycles. The highest BCUT2D eigenvalue weighted by Gasteiger charge is 2.44. The van der Waals surface area contributed by atoms with Crippen molar-refractivity contribution in [2.75, 3.05) is 28.6 Å². The Morgan fingerprint density at radius 2 is 1.76 bits per heavy atom. The Kier molecular flexibility index (Phi) is 7.19. The van der Waals surface area contributed by atoms with Crippen LogP contribution < -0.4 is 15.5 Å². The van der Waals surface area contributed by atoms with E-state index in [1.807, 2.05) is 13.0 Å². The largest absolute Gasteiger partial charge is 0.390 e. The van der Waals surface area contributed by atoms with Crippen molar-refractivity contribution >= 4 is 33.0 Å². The van der Waals surface area contributed by atoms with Crippen LogP contribution >= 0.6 is 0 Å². The molecule has 236 valence electrons. The quantitative estimate of drug-likeness (QED) is 0.239. The number of nitrogens with one attached hydrogen (secondary N) is 2. The third-order valence-electron chi connectivity index (χ3n) is 8.50. The molecule has 3 N–H and O–H groups in total. The van der Waals surface area contributed by atoms with Crippen molar-refractivity contribution in [3.05, 3.63) is 55.2 Å². The average molecular weight is 638 g/mol. The fraction of sp³-hybridized carbons (Fsp3) is 0.433. The third kappa shape index (κ3) is 6.31. The summed E-state index contributed by atoms with van der Waals surface area (Å²) in [7, 11) is -3.51. The second-order valence-electron chi connectivity index (χ2n) is 12.4. The molecule has 0 atom stereocenters. The maximum atomic E-state index is 13.4. The van der Waals surface area contributed by atoms with Gasteiger partial charge in [0.15, 0.2) is 5.82 Å². The molecule has 0 bridgehead atoms. The Morgan fingerprint density at radius 3 is 2.44 bits per heavy atom. The van der Waals surface area contributed by atoms with Gasteiger partial charge in [-0.2, -0.15) is 9.19 Å². The highest BCUT2D eigenvalue weighted by Crippen LogP contribution is 2.36. The maximum Gasteiger partial charge on any atom is 0.282 e. The molecule has 4 aromatic heterocycles. The Bertz CT molecular complexity index is 1810. The van der Waals surface area contributed by atoms with E-state index in [4.69, 9.17) is 0 Å². The van der Waals surface area contributed by atoms with Crippen molar-refractivity contribution in [1.82, 2.24) is 29.1 Å². The molecule has 0 radical (unpaired) electrons. The van der Waals surface area contributed by atoms with E-state index < -0.39 is 21.5 Å². The SMILES string of the molecule is CC1(O)CCC(Nc2cc(Nc3ccnc(-c4cnn(S(=O)(=O)C5CC5)c4)n3)ncc2-c2ccc(N3CC(F)(F)C3)cn2)CC1. The number of alkyl halides is 2. The second kappa shape index (κ2) is 11.0. The standard InChI is InChI=1S/C30H33F2N9O3S/c1-29(42)9-6-20(7-10-29)37-25-12-27(35-15-23(25)24-5-2-21(14-34-24)40-17-30(31,32)18-40)38-26-8-11-33-28(39-26)19-13-36-41(16-19)45(43,44)22-3-4-22/h2,5,8,11-16,20,22,42H,3-4,6-7,9-10,17-18H2,1H3,(H2,33,35,37,38,39). The number of nitrogens with zero attached hydrogens (tertiary/aromatic N) is 7. The van der Waals surface area contributed by atoms with Crippen LogP contribution in [-0.4, -0.2) is 78.6 Å². The molecule has 15 heteroatoms. The van der Waals surface area contributed by atoms with Crippen molar-refractivity contribution in [2.45, 2.75) is 68.3 Å². The van der Waals surface area contributed by atoms with Gasteiger partial charge < -0.3 is 20.6 Å². The van der Waals surface area contributed by atoms with Gasteiger partial charge in [0.05, 0.1) is 59.5 Å². The lowest BCUT2D eigenvalue weighted by Gasteiger charge is -2.40. The number of anilines is 4. The lowest BCUT2D eigenvalue weighted by atomic mass is 9.83. The van der Waals surface area contributed by atoms with Crippen LogP contribution in [0.25, 0.3) is 22.6 Å². The lowest BCUT2D eigenvalue weighted by Crippen LogP contribution is -2.56. The fourth-order valence-corrected chi connectivity index (χ4v) is 7.13. The summed E-state index contributed by atoms with van der Waals surface area (Å²) in [5.41, 5.74) is 2.58. The molecule has 0 spiro atoms. The van der Waals surface area contributed by atoms with Crippen LogP contribution in [0.1, 0.15) is 45.4 Å². The van der Waals surface area contributed by atoms with Gasteiger partial charge in [0, 0.05) is 35.8 Å². The monoisotopic (exact) mass is 637 g/mol. The van der Waals surface area contributed by atoms with Crippen LogP contribution in [0.15, 0.2) is 55.2 Å². The molecule has 1 aliphatic heterocycles. The number of halogens is 2. The summed E-state index contributed by atoms with van der Waals surface area (Å²) in [6.07, 6.45) is 11.9. The van der Waals surface area contributed by atoms with Gasteiger partial charge in [-0.05, 0) is 63.6 Å². The summed E-state index contributed by atoms with van der Waals surface area (Å²) in [5, 5.41) is 20.9. The number of aromatic nitrogens is 6. The first-order valence-corrected chi connectivity index (χ1v) is 16.4. The molecule has 7 rings (SSSR count). The number of pyridine rings is 2. The van der Waals surface area contributed by atoms with Crippen molar-refractivity contribution in [3.63, 3.8) is 0 Å². The van der Waals surface area contributed by atoms with E-state index in [-0.39, 0.29) is 24.4 Å². The van der Waals surface area contributed by atoms with Crippen molar-refractivity contribution in [3.8, 4) is 22.6 Å². The van der Waals surface area contributed by atoms with E-state index in [2.05, 4.69) is 35.7 Å². The first kappa shape index (κ1) is 29.5. The first-order chi connectivity index (χ1) is 21.4. The molecule has 45 heavy (non-hydrogen) atoms. The Labute approximate surface area is 259 Å². The molecule has 4 aromatic rings. The summed E-state index contributed by atoms with van der Waals surface area (Å²) in [4.78, 5) is 19.6. The second-order valence-corrected chi connectivity index (χ2v) is 14.5. The predicted octanol–water partition coefficient (Wildman–Crippen LogP) is 4.44. The fourth-order valence-electron chi connectivity index (χ4n) is 5.66. The number of hydrogen-bond acceptors (Lipinski definition) is 11. The van der Waals surface area contributed by atoms with Crippen molar-refractivity contribution in [2.24, 2.45) is 0 Å². The van der Waals surface area contributed by atoms with E-state index in [0.29, 0.717) is 60.1 Å². The average Bonchev–Trinajstić information content (AvgIpc) is 3.74. The first-order valence-electron chi connectivity index (χ1n) is 14.9. The molecular weight excluding hydrogens is 604 g/mol. The van der Waals surface area contributed by atoms with Gasteiger partial charge in [-0.25, -0.2) is 32.2 Å². The molecular formula is C30H33F2N9O3S. The van der Waals surface area contributed by atoms with E-state index in [1.165, 1.54) is 12.4 Å². The van der Waals surface area contributed by atoms with Gasteiger partial charge in [0.25, 0.3) is 15.9 Å². The third-order valence-corrected chi connectivity index (χ3v) is 10.5. The summed E-state index contributed by atoms with van der Waals surface area (Å²) >= 11 is 0. The number of aliphatic hydroxyl groups is 1. The van der Waals surface area contributed by atoms with E-state index in [9.17, 15) is 22.3 Å². The van der Waals surface area contributed by atoms with Crippen LogP contribution in [0.4, 0.5) is 31.8 Å². The van der Waals surface area contributed by atoms with Crippen molar-refractivity contribution in [1.29, 1.82) is 0 Å². The molecule has 0 aromatic carbocycles. The minimum absolute atomic E-state index is 0.121. The maximum absolute atomic E-state index is 13.4. The number of hydrogen-bond donors (Lipinski definition) is 3. The van der Waals surface area contributed by atoms with Gasteiger partial charge in [0.1, 0.15) is 11.6 Å². The van der Waals surface area contributed by atoms with E-state index in [0.717, 1.165) is 28.2 Å². The highest BCUT2D eigenvalue weighted by atomic mass is 32.2. The highest BCUT2D eigenvalue weighted by molar-refractivity contribution is 7.90. The van der Waals surface area contributed by atoms with Crippen LogP contribution in [0.2, 0.25) is 0 Å². The van der Waals surface area contributed by atoms with Gasteiger partial charge >= 0.3 is 0 Å². The zero-order chi connectivity index (χ0) is 31.4. The van der Waals surface area contributed by atoms with Gasteiger partial charge in [-0.1, -0.05) is 0 Å². The van der Waals surface area contributed by atoms with Crippen LogP contribution in [-0.2, 0) is 10.0 Å². The number of rotatable bonds is 9. The normalized spacial score (nSPS) is 22.9. The Hall–Kier alpha value is -4.24. The minimum atomic E-state index is -3.51. The van der Waals surface area contributed by atoms with Gasteiger partial charge in [0.2, 0.25) is 0 Å². The lowest BCUT2D eigenvalue weighted by molar-refractivity contribution is -0.0262. The molecule has 5 heterocycles. The summed E-state index contributed by atoms with van der Waals surface area (Å²) in [5.74, 6) is -1.41. The Balaban J connectivity index is 1.13. The van der Waals surface area contributed by atoms with Gasteiger partial charge in [-0.15, -0.1) is 0 Å². The molecule has 3 fully saturated rings.